The lowest BCUT2D eigenvalue weighted by Gasteiger charge is -2.40. The van der Waals surface area contributed by atoms with Crippen molar-refractivity contribution in [1.82, 2.24) is 10.2 Å². The predicted octanol–water partition coefficient (Wildman–Crippen LogP) is 7.14. The molecule has 6 N–H and O–H groups in total. The van der Waals surface area contributed by atoms with Gasteiger partial charge in [0.25, 0.3) is 0 Å². The Morgan fingerprint density at radius 2 is 1.17 bits per heavy atom. The van der Waals surface area contributed by atoms with Crippen LogP contribution in [-0.2, 0) is 9.47 Å². The van der Waals surface area contributed by atoms with Crippen LogP contribution in [0, 0.1) is 0 Å². The summed E-state index contributed by atoms with van der Waals surface area (Å²) < 4.78 is 53.9. The van der Waals surface area contributed by atoms with Crippen LogP contribution in [-0.4, -0.2) is 118 Å². The molecule has 6 unspecified atom stereocenters. The molecule has 0 aromatic heterocycles. The summed E-state index contributed by atoms with van der Waals surface area (Å²) in [6, 6.07) is -2.96. The zero-order chi connectivity index (χ0) is 38.0. The lowest BCUT2D eigenvalue weighted by Crippen LogP contribution is -2.60. The molecular formula is C40H77F3N2O7. The van der Waals surface area contributed by atoms with Crippen LogP contribution in [0.4, 0.5) is 13.2 Å². The Kier molecular flexibility index (Phi) is 26.3. The molecule has 52 heavy (non-hydrogen) atoms. The standard InChI is InChI=1S/C40H77F3N2O7/c1-2-3-4-5-6-7-8-9-10-11-14-17-20-25-33(47)32(31-51-39-38(50)37(49)36(48)34(30-46)52-39)44-35(40(41,42)43)26-21-18-15-12-13-16-19-22-27-45-28-23-24-29-45/h32-39,44,46-50H,2-31H2,1H3/t32-,33+,34?,35?,36?,37?,38?,39?/m0/s1. The van der Waals surface area contributed by atoms with Gasteiger partial charge in [-0.2, -0.15) is 13.2 Å². The summed E-state index contributed by atoms with van der Waals surface area (Å²) in [5.74, 6) is 0. The van der Waals surface area contributed by atoms with Gasteiger partial charge in [0.2, 0.25) is 0 Å². The van der Waals surface area contributed by atoms with Crippen molar-refractivity contribution in [3.8, 4) is 0 Å². The largest absolute Gasteiger partial charge is 0.403 e. The van der Waals surface area contributed by atoms with Crippen molar-refractivity contribution < 1.29 is 48.2 Å². The normalized spacial score (nSPS) is 24.8. The number of halogens is 3. The van der Waals surface area contributed by atoms with Crippen LogP contribution in [0.1, 0.15) is 167 Å². The van der Waals surface area contributed by atoms with E-state index >= 15 is 0 Å². The number of nitrogens with zero attached hydrogens (tertiary/aromatic N) is 1. The summed E-state index contributed by atoms with van der Waals surface area (Å²) >= 11 is 0. The van der Waals surface area contributed by atoms with Crippen molar-refractivity contribution in [2.45, 2.75) is 223 Å². The zero-order valence-corrected chi connectivity index (χ0v) is 32.5. The first-order valence-corrected chi connectivity index (χ1v) is 21.2. The van der Waals surface area contributed by atoms with Crippen LogP contribution in [0.25, 0.3) is 0 Å². The third-order valence-corrected chi connectivity index (χ3v) is 11.1. The number of likely N-dealkylation sites (tertiary alicyclic amines) is 1. The van der Waals surface area contributed by atoms with Gasteiger partial charge in [-0.25, -0.2) is 0 Å². The number of alkyl halides is 3. The summed E-state index contributed by atoms with van der Waals surface area (Å²) in [6.45, 7) is 4.77. The van der Waals surface area contributed by atoms with E-state index in [2.05, 4.69) is 17.1 Å². The highest BCUT2D eigenvalue weighted by molar-refractivity contribution is 4.90. The molecule has 0 aromatic rings. The summed E-state index contributed by atoms with van der Waals surface area (Å²) in [4.78, 5) is 2.52. The Bertz CT molecular complexity index is 837. The van der Waals surface area contributed by atoms with Crippen molar-refractivity contribution in [3.63, 3.8) is 0 Å². The predicted molar refractivity (Wildman–Crippen MR) is 200 cm³/mol. The Labute approximate surface area is 313 Å². The van der Waals surface area contributed by atoms with E-state index in [0.29, 0.717) is 19.3 Å². The number of hydrogen-bond donors (Lipinski definition) is 6. The van der Waals surface area contributed by atoms with Crippen LogP contribution >= 0.6 is 0 Å². The smallest absolute Gasteiger partial charge is 0.394 e. The van der Waals surface area contributed by atoms with Gasteiger partial charge in [-0.05, 0) is 51.7 Å². The molecule has 12 heteroatoms. The van der Waals surface area contributed by atoms with E-state index < -0.39 is 68.3 Å². The highest BCUT2D eigenvalue weighted by atomic mass is 19.4. The summed E-state index contributed by atoms with van der Waals surface area (Å²) in [5, 5.41) is 53.9. The SMILES string of the molecule is CCCCCCCCCCCCCCC[C@@H](O)[C@H](COC1OC(CO)C(O)C(O)C1O)NC(CCCCCCCCCCN1CCCC1)C(F)(F)F. The third-order valence-electron chi connectivity index (χ3n) is 11.1. The lowest BCUT2D eigenvalue weighted by atomic mass is 9.98. The number of rotatable bonds is 32. The fourth-order valence-electron chi connectivity index (χ4n) is 7.60. The maximum absolute atomic E-state index is 14.3. The molecule has 2 rings (SSSR count). The van der Waals surface area contributed by atoms with Crippen molar-refractivity contribution in [3.05, 3.63) is 0 Å². The molecule has 2 fully saturated rings. The van der Waals surface area contributed by atoms with Crippen LogP contribution < -0.4 is 5.32 Å². The van der Waals surface area contributed by atoms with Gasteiger partial charge in [0.15, 0.2) is 6.29 Å². The average Bonchev–Trinajstić information content (AvgIpc) is 3.64. The van der Waals surface area contributed by atoms with E-state index in [9.17, 15) is 38.7 Å². The molecule has 2 saturated heterocycles. The van der Waals surface area contributed by atoms with Crippen LogP contribution in [0.15, 0.2) is 0 Å². The molecule has 0 bridgehead atoms. The van der Waals surface area contributed by atoms with Crippen molar-refractivity contribution in [2.75, 3.05) is 32.8 Å². The average molecular weight is 755 g/mol. The number of ether oxygens (including phenoxy) is 2. The summed E-state index contributed by atoms with van der Waals surface area (Å²) in [5.41, 5.74) is 0. The van der Waals surface area contributed by atoms with Gasteiger partial charge in [-0.15, -0.1) is 0 Å². The number of aliphatic hydroxyl groups excluding tert-OH is 5. The molecule has 2 heterocycles. The summed E-state index contributed by atoms with van der Waals surface area (Å²) in [6.07, 6.45) is 12.3. The molecule has 0 spiro atoms. The molecule has 310 valence electrons. The minimum Gasteiger partial charge on any atom is -0.394 e. The molecule has 0 saturated carbocycles. The Hall–Kier alpha value is -0.570. The Morgan fingerprint density at radius 1 is 0.692 bits per heavy atom. The first-order valence-electron chi connectivity index (χ1n) is 21.2. The minimum atomic E-state index is -4.54. The van der Waals surface area contributed by atoms with Gasteiger partial charge in [0, 0.05) is 0 Å². The second kappa shape index (κ2) is 28.8. The summed E-state index contributed by atoms with van der Waals surface area (Å²) in [7, 11) is 0. The van der Waals surface area contributed by atoms with E-state index in [0.717, 1.165) is 44.9 Å². The number of nitrogens with one attached hydrogen (secondary N) is 1. The molecule has 0 aromatic carbocycles. The second-order valence-electron chi connectivity index (χ2n) is 15.7. The minimum absolute atomic E-state index is 0.124. The van der Waals surface area contributed by atoms with Gasteiger partial charge in [-0.3, -0.25) is 5.32 Å². The third kappa shape index (κ3) is 20.4. The van der Waals surface area contributed by atoms with Crippen molar-refractivity contribution in [1.29, 1.82) is 0 Å². The highest BCUT2D eigenvalue weighted by Gasteiger charge is 2.45. The molecule has 8 atom stereocenters. The van der Waals surface area contributed by atoms with Crippen LogP contribution in [0.5, 0.6) is 0 Å². The van der Waals surface area contributed by atoms with E-state index in [1.807, 2.05) is 0 Å². The van der Waals surface area contributed by atoms with E-state index in [4.69, 9.17) is 9.47 Å². The first kappa shape index (κ1) is 47.6. The van der Waals surface area contributed by atoms with Gasteiger partial charge < -0.3 is 39.9 Å². The van der Waals surface area contributed by atoms with Gasteiger partial charge in [0.05, 0.1) is 25.4 Å². The number of hydrogen-bond acceptors (Lipinski definition) is 9. The highest BCUT2D eigenvalue weighted by Crippen LogP contribution is 2.27. The monoisotopic (exact) mass is 755 g/mol. The van der Waals surface area contributed by atoms with E-state index in [1.165, 1.54) is 103 Å². The van der Waals surface area contributed by atoms with Gasteiger partial charge in [-0.1, -0.05) is 135 Å². The van der Waals surface area contributed by atoms with Crippen molar-refractivity contribution >= 4 is 0 Å². The fourth-order valence-corrected chi connectivity index (χ4v) is 7.60. The van der Waals surface area contributed by atoms with Crippen molar-refractivity contribution in [2.24, 2.45) is 0 Å². The molecule has 9 nitrogen and oxygen atoms in total. The lowest BCUT2D eigenvalue weighted by molar-refractivity contribution is -0.303. The van der Waals surface area contributed by atoms with E-state index in [-0.39, 0.29) is 12.8 Å². The molecule has 0 amide bonds. The Morgan fingerprint density at radius 3 is 1.67 bits per heavy atom. The second-order valence-corrected chi connectivity index (χ2v) is 15.7. The first-order chi connectivity index (χ1) is 25.1. The van der Waals surface area contributed by atoms with Gasteiger partial charge >= 0.3 is 6.18 Å². The molecule has 2 aliphatic rings. The van der Waals surface area contributed by atoms with E-state index in [1.54, 1.807) is 0 Å². The molecule has 2 aliphatic heterocycles. The maximum Gasteiger partial charge on any atom is 0.403 e. The number of aliphatic hydroxyl groups is 5. The van der Waals surface area contributed by atoms with Crippen LogP contribution in [0.3, 0.4) is 0 Å². The zero-order valence-electron chi connectivity index (χ0n) is 32.5. The topological polar surface area (TPSA) is 135 Å². The van der Waals surface area contributed by atoms with Gasteiger partial charge in [0.1, 0.15) is 30.5 Å². The number of unbranched alkanes of at least 4 members (excludes halogenated alkanes) is 19. The molecule has 0 radical (unpaired) electrons. The maximum atomic E-state index is 14.3. The molecule has 0 aliphatic carbocycles. The molecular weight excluding hydrogens is 677 g/mol. The quantitative estimate of drug-likeness (QED) is 0.0397. The fraction of sp³-hybridized carbons (Fsp3) is 1.00. The van der Waals surface area contributed by atoms with Crippen LogP contribution in [0.2, 0.25) is 0 Å². The Balaban J connectivity index is 1.79.